The molecule has 2 aromatic carbocycles. The molecule has 0 aliphatic carbocycles. The van der Waals surface area contributed by atoms with Gasteiger partial charge in [0.25, 0.3) is 0 Å². The monoisotopic (exact) mass is 1070 g/mol. The van der Waals surface area contributed by atoms with Crippen LogP contribution in [0.1, 0.15) is 136 Å². The van der Waals surface area contributed by atoms with Crippen LogP contribution in [0.15, 0.2) is 122 Å². The number of pyridine rings is 4. The van der Waals surface area contributed by atoms with Crippen LogP contribution >= 0.6 is 0 Å². The maximum Gasteiger partial charge on any atom is 0.192 e. The molecule has 75 heavy (non-hydrogen) atoms. The maximum atomic E-state index is 13.0. The summed E-state index contributed by atoms with van der Waals surface area (Å²) in [6, 6.07) is 36.3. The van der Waals surface area contributed by atoms with Gasteiger partial charge in [0.05, 0.1) is 59.4 Å². The number of aromatic nitrogens is 8. The molecule has 0 unspecified atom stereocenters. The van der Waals surface area contributed by atoms with Crippen molar-refractivity contribution < 1.29 is 18.0 Å². The van der Waals surface area contributed by atoms with Gasteiger partial charge in [0.2, 0.25) is 0 Å². The highest BCUT2D eigenvalue weighted by Gasteiger charge is 2.37. The topological polar surface area (TPSA) is 151 Å². The second-order valence-electron chi connectivity index (χ2n) is 23.0. The van der Waals surface area contributed by atoms with E-state index >= 15 is 0 Å². The van der Waals surface area contributed by atoms with Crippen LogP contribution in [0, 0.1) is 0 Å². The summed E-state index contributed by atoms with van der Waals surface area (Å²) in [6.45, 7) is 28.2. The smallest absolute Gasteiger partial charge is 0.192 e. The van der Waals surface area contributed by atoms with Crippen molar-refractivity contribution >= 4 is 51.7 Å². The molecule has 12 nitrogen and oxygen atoms in total. The normalized spacial score (nSPS) is 14.1. The molecule has 0 radical (unpaired) electrons. The van der Waals surface area contributed by atoms with Crippen LogP contribution < -0.4 is 0 Å². The lowest BCUT2D eigenvalue weighted by Crippen LogP contribution is -2.40. The first-order chi connectivity index (χ1) is 35.5. The van der Waals surface area contributed by atoms with Gasteiger partial charge in [-0.3, -0.25) is 18.4 Å². The van der Waals surface area contributed by atoms with E-state index in [9.17, 15) is 13.5 Å². The van der Waals surface area contributed by atoms with Crippen LogP contribution in [-0.2, 0) is 39.2 Å². The number of nitrogens with zero attached hydrogens (tertiary/aromatic N) is 8. The predicted octanol–water partition coefficient (Wildman–Crippen LogP) is 13.8. The third kappa shape index (κ3) is 14.3. The average molecular weight is 1070 g/mol. The molecule has 6 aromatic heterocycles. The molecule has 0 spiro atoms. The van der Waals surface area contributed by atoms with E-state index in [1.165, 1.54) is 0 Å². The van der Waals surface area contributed by atoms with E-state index in [1.54, 1.807) is 10.7 Å². The van der Waals surface area contributed by atoms with Crippen molar-refractivity contribution in [3.8, 4) is 34.2 Å². The predicted molar refractivity (Wildman–Crippen MR) is 313 cm³/mol. The van der Waals surface area contributed by atoms with Crippen molar-refractivity contribution in [1.82, 2.24) is 39.5 Å². The van der Waals surface area contributed by atoms with Crippen LogP contribution in [0.3, 0.4) is 0 Å². The third-order valence-electron chi connectivity index (χ3n) is 14.0. The van der Waals surface area contributed by atoms with Gasteiger partial charge in [-0.15, -0.1) is 0 Å². The zero-order chi connectivity index (χ0) is 54.3. The molecule has 0 fully saturated rings. The van der Waals surface area contributed by atoms with E-state index in [4.69, 9.17) is 19.4 Å². The molecular formula is C60H78N8O4S2Si. The molecule has 0 aliphatic rings. The molecule has 398 valence electrons. The summed E-state index contributed by atoms with van der Waals surface area (Å²) in [5.41, 5.74) is 9.19. The molecule has 0 bridgehead atoms. The Morgan fingerprint density at radius 1 is 0.573 bits per heavy atom. The Kier molecular flexibility index (Phi) is 18.4. The van der Waals surface area contributed by atoms with E-state index in [1.807, 2.05) is 113 Å². The number of hydrogen-bond donors (Lipinski definition) is 1. The SMILES string of the molecule is CCC[C@H](C[S@@](=O)C(C)(C)C)c1cccc(-c2ccc3cnn(-c4cccc(CO)n4)c3c2)n1.CCC[C@H](C[S@@](=O)C(C)(C)C)c1cccc(-c2ccc3cnn(-c4cccc(CO[Si](C)(C)C(C)(C)C)n4)c3c2)n1. The van der Waals surface area contributed by atoms with Gasteiger partial charge in [0, 0.05) is 87.7 Å². The maximum absolute atomic E-state index is 13.0. The Morgan fingerprint density at radius 2 is 1.00 bits per heavy atom. The highest BCUT2D eigenvalue weighted by Crippen LogP contribution is 2.37. The number of rotatable bonds is 18. The number of aliphatic hydroxyl groups is 1. The summed E-state index contributed by atoms with van der Waals surface area (Å²) in [4.78, 5) is 19.5. The second-order valence-corrected chi connectivity index (χ2v) is 32.3. The Hall–Kier alpha value is -5.58. The molecule has 0 saturated heterocycles. The van der Waals surface area contributed by atoms with Gasteiger partial charge in [0.15, 0.2) is 20.0 Å². The van der Waals surface area contributed by atoms with Gasteiger partial charge in [-0.2, -0.15) is 10.2 Å². The Labute approximate surface area is 451 Å². The first-order valence-corrected chi connectivity index (χ1v) is 31.9. The van der Waals surface area contributed by atoms with E-state index in [0.29, 0.717) is 29.6 Å². The van der Waals surface area contributed by atoms with Crippen LogP contribution in [0.2, 0.25) is 18.1 Å². The number of fused-ring (bicyclic) bond motifs is 2. The van der Waals surface area contributed by atoms with Gasteiger partial charge in [0.1, 0.15) is 0 Å². The van der Waals surface area contributed by atoms with Crippen molar-refractivity contribution in [3.05, 3.63) is 144 Å². The highest BCUT2D eigenvalue weighted by molar-refractivity contribution is 7.86. The lowest BCUT2D eigenvalue weighted by molar-refractivity contribution is 0.272. The van der Waals surface area contributed by atoms with Gasteiger partial charge in [-0.25, -0.2) is 19.3 Å². The van der Waals surface area contributed by atoms with Crippen molar-refractivity contribution in [2.24, 2.45) is 0 Å². The van der Waals surface area contributed by atoms with E-state index < -0.39 is 29.9 Å². The highest BCUT2D eigenvalue weighted by atomic mass is 32.2. The molecule has 0 aliphatic heterocycles. The average Bonchev–Trinajstić information content (AvgIpc) is 4.01. The summed E-state index contributed by atoms with van der Waals surface area (Å²) < 4.78 is 35.5. The van der Waals surface area contributed by atoms with Gasteiger partial charge < -0.3 is 9.53 Å². The van der Waals surface area contributed by atoms with E-state index in [-0.39, 0.29) is 33.0 Å². The molecule has 15 heteroatoms. The fourth-order valence-corrected chi connectivity index (χ4v) is 11.8. The Balaban J connectivity index is 0.000000222. The van der Waals surface area contributed by atoms with Crippen LogP contribution in [0.25, 0.3) is 56.0 Å². The zero-order valence-corrected chi connectivity index (χ0v) is 49.1. The number of benzene rings is 2. The van der Waals surface area contributed by atoms with Gasteiger partial charge in [-0.1, -0.05) is 96.0 Å². The number of aliphatic hydroxyl groups excluding tert-OH is 1. The van der Waals surface area contributed by atoms with Crippen LogP contribution in [0.4, 0.5) is 0 Å². The molecule has 8 aromatic rings. The summed E-state index contributed by atoms with van der Waals surface area (Å²) >= 11 is 0. The first kappa shape index (κ1) is 57.1. The van der Waals surface area contributed by atoms with Gasteiger partial charge in [-0.05, 0) is 133 Å². The fourth-order valence-electron chi connectivity index (χ4n) is 8.40. The Morgan fingerprint density at radius 3 is 1.41 bits per heavy atom. The summed E-state index contributed by atoms with van der Waals surface area (Å²) in [5, 5.41) is 20.8. The molecule has 4 atom stereocenters. The molecule has 0 saturated carbocycles. The Bertz CT molecular complexity index is 3260. The van der Waals surface area contributed by atoms with Crippen LogP contribution in [0.5, 0.6) is 0 Å². The summed E-state index contributed by atoms with van der Waals surface area (Å²) in [5.74, 6) is 2.99. The minimum atomic E-state index is -1.88. The lowest BCUT2D eigenvalue weighted by Gasteiger charge is -2.36. The molecule has 6 heterocycles. The third-order valence-corrected chi connectivity index (χ3v) is 22.6. The zero-order valence-electron chi connectivity index (χ0n) is 46.4. The van der Waals surface area contributed by atoms with Crippen molar-refractivity contribution in [2.75, 3.05) is 11.5 Å². The molecule has 1 N–H and O–H groups in total. The lowest BCUT2D eigenvalue weighted by atomic mass is 10.00. The standard InChI is InChI=1S/C33H46N4O2SSi.C27H32N4O2S/c1-10-13-26(23-40(38)32(2,3)4)29-16-12-15-28(36-29)24-18-19-25-21-34-37(30(25)20-24)31-17-11-14-27(35-31)22-39-41(8,9)33(5,6)7;1-5-8-21(18-34(33)27(2,3)4)24-11-7-10-23(30-24)19-13-14-20-16-28-31(25(20)15-19)26-12-6-9-22(17-32)29-26/h11-12,14-21,26H,10,13,22-23H2,1-9H3;6-7,9-16,21,32H,5,8,17-18H2,1-4H3/t26-,40-;21-,34-/m11/s1. The van der Waals surface area contributed by atoms with E-state index in [2.05, 4.69) is 111 Å². The van der Waals surface area contributed by atoms with Crippen molar-refractivity contribution in [3.63, 3.8) is 0 Å². The van der Waals surface area contributed by atoms with Gasteiger partial charge >= 0.3 is 0 Å². The number of hydrogen-bond acceptors (Lipinski definition) is 10. The second kappa shape index (κ2) is 24.2. The van der Waals surface area contributed by atoms with Crippen molar-refractivity contribution in [2.45, 2.75) is 155 Å². The summed E-state index contributed by atoms with van der Waals surface area (Å²) in [6.07, 6.45) is 7.65. The molecule has 0 amide bonds. The largest absolute Gasteiger partial charge is 0.411 e. The summed E-state index contributed by atoms with van der Waals surface area (Å²) in [7, 11) is -3.76. The fraction of sp³-hybridized carbons (Fsp3) is 0.433. The minimum Gasteiger partial charge on any atom is -0.411 e. The minimum absolute atomic E-state index is 0.117. The van der Waals surface area contributed by atoms with E-state index in [0.717, 1.165) is 92.9 Å². The molecular weight excluding hydrogens is 989 g/mol. The first-order valence-electron chi connectivity index (χ1n) is 26.3. The van der Waals surface area contributed by atoms with Crippen molar-refractivity contribution in [1.29, 1.82) is 0 Å². The quantitative estimate of drug-likeness (QED) is 0.0822. The van der Waals surface area contributed by atoms with Crippen LogP contribution in [-0.4, -0.2) is 82.3 Å². The molecule has 8 rings (SSSR count).